The van der Waals surface area contributed by atoms with E-state index in [-0.39, 0.29) is 11.7 Å². The Balaban J connectivity index is 1.63. The Morgan fingerprint density at radius 2 is 1.85 bits per heavy atom. The minimum absolute atomic E-state index is 0.324. The van der Waals surface area contributed by atoms with Gasteiger partial charge in [-0.15, -0.1) is 13.2 Å². The number of nitrogens with zero attached hydrogens (tertiary/aromatic N) is 2. The van der Waals surface area contributed by atoms with Gasteiger partial charge in [0.1, 0.15) is 12.4 Å². The summed E-state index contributed by atoms with van der Waals surface area (Å²) in [5.74, 6) is -0.150. The maximum Gasteiger partial charge on any atom is 0.573 e. The number of halogens is 3. The van der Waals surface area contributed by atoms with Gasteiger partial charge in [-0.1, -0.05) is 12.1 Å². The fourth-order valence-electron chi connectivity index (χ4n) is 2.98. The lowest BCUT2D eigenvalue weighted by Crippen LogP contribution is -2.19. The van der Waals surface area contributed by atoms with Crippen LogP contribution in [0.2, 0.25) is 0 Å². The van der Waals surface area contributed by atoms with Gasteiger partial charge in [0.05, 0.1) is 5.52 Å². The minimum Gasteiger partial charge on any atom is -0.476 e. The number of aryl methyl sites for hydroxylation is 1. The summed E-state index contributed by atoms with van der Waals surface area (Å²) in [4.78, 5) is 18.8. The maximum absolute atomic E-state index is 12.3. The molecule has 1 heterocycles. The van der Waals surface area contributed by atoms with Crippen LogP contribution in [0, 0.1) is 6.92 Å². The zero-order valence-electron chi connectivity index (χ0n) is 18.4. The van der Waals surface area contributed by atoms with E-state index in [2.05, 4.69) is 15.0 Å². The predicted octanol–water partition coefficient (Wildman–Crippen LogP) is 5.03. The minimum atomic E-state index is -4.74. The van der Waals surface area contributed by atoms with Gasteiger partial charge in [0.25, 0.3) is 0 Å². The first-order chi connectivity index (χ1) is 15.6. The summed E-state index contributed by atoms with van der Waals surface area (Å²) in [7, 11) is 3.94. The van der Waals surface area contributed by atoms with Crippen LogP contribution in [0.3, 0.4) is 0 Å². The SMILES string of the molecule is Cc1cc(OCCN(C)C)nc2ccc(NC(=O)C=Cc3ccc(OC(F)(F)F)cc3)cc12. The molecule has 0 aliphatic heterocycles. The molecule has 1 aromatic heterocycles. The van der Waals surface area contributed by atoms with Crippen LogP contribution in [0.25, 0.3) is 17.0 Å². The van der Waals surface area contributed by atoms with Crippen LogP contribution in [0.5, 0.6) is 11.6 Å². The number of rotatable bonds is 8. The fraction of sp³-hybridized carbons (Fsp3) is 0.250. The molecular weight excluding hydrogens is 435 g/mol. The van der Waals surface area contributed by atoms with Gasteiger partial charge in [-0.05, 0) is 68.6 Å². The molecule has 33 heavy (non-hydrogen) atoms. The van der Waals surface area contributed by atoms with Crippen molar-refractivity contribution in [2.75, 3.05) is 32.6 Å². The summed E-state index contributed by atoms with van der Waals surface area (Å²) < 4.78 is 46.2. The Morgan fingerprint density at radius 3 is 2.52 bits per heavy atom. The summed E-state index contributed by atoms with van der Waals surface area (Å²) in [6.45, 7) is 3.26. The molecule has 0 radical (unpaired) electrons. The molecule has 0 unspecified atom stereocenters. The third-order valence-corrected chi connectivity index (χ3v) is 4.59. The molecule has 1 N–H and O–H groups in total. The molecule has 174 valence electrons. The highest BCUT2D eigenvalue weighted by Crippen LogP contribution is 2.25. The summed E-state index contributed by atoms with van der Waals surface area (Å²) in [6, 6.07) is 12.5. The monoisotopic (exact) mass is 459 g/mol. The van der Waals surface area contributed by atoms with Gasteiger partial charge in [0.2, 0.25) is 11.8 Å². The van der Waals surface area contributed by atoms with Crippen molar-refractivity contribution in [3.05, 3.63) is 65.7 Å². The van der Waals surface area contributed by atoms with E-state index in [9.17, 15) is 18.0 Å². The molecule has 0 aliphatic carbocycles. The van der Waals surface area contributed by atoms with Gasteiger partial charge in [0, 0.05) is 29.8 Å². The van der Waals surface area contributed by atoms with E-state index in [1.165, 1.54) is 36.4 Å². The second-order valence-corrected chi connectivity index (χ2v) is 7.60. The van der Waals surface area contributed by atoms with Crippen molar-refractivity contribution in [3.63, 3.8) is 0 Å². The Kier molecular flexibility index (Phi) is 7.55. The standard InChI is InChI=1S/C24H24F3N3O3/c1-16-14-23(32-13-12-30(2)3)29-21-10-7-18(15-20(16)21)28-22(31)11-6-17-4-8-19(9-5-17)33-24(25,26)27/h4-11,14-15H,12-13H2,1-3H3,(H,28,31). The van der Waals surface area contributed by atoms with Crippen molar-refractivity contribution in [2.45, 2.75) is 13.3 Å². The number of ether oxygens (including phenoxy) is 2. The number of nitrogens with one attached hydrogen (secondary N) is 1. The zero-order chi connectivity index (χ0) is 24.0. The summed E-state index contributed by atoms with van der Waals surface area (Å²) in [5.41, 5.74) is 2.87. The normalized spacial score (nSPS) is 11.8. The number of fused-ring (bicyclic) bond motifs is 1. The Labute approximate surface area is 189 Å². The quantitative estimate of drug-likeness (QED) is 0.479. The molecule has 2 aromatic carbocycles. The van der Waals surface area contributed by atoms with E-state index < -0.39 is 6.36 Å². The molecule has 0 atom stereocenters. The second-order valence-electron chi connectivity index (χ2n) is 7.60. The van der Waals surface area contributed by atoms with Crippen LogP contribution in [0.15, 0.2) is 54.6 Å². The van der Waals surface area contributed by atoms with E-state index >= 15 is 0 Å². The van der Waals surface area contributed by atoms with E-state index in [4.69, 9.17) is 4.74 Å². The molecule has 0 fully saturated rings. The van der Waals surface area contributed by atoms with Gasteiger partial charge in [-0.25, -0.2) is 4.98 Å². The number of likely N-dealkylation sites (N-methyl/N-ethyl adjacent to an activating group) is 1. The van der Waals surface area contributed by atoms with Gasteiger partial charge in [-0.2, -0.15) is 0 Å². The maximum atomic E-state index is 12.3. The van der Waals surface area contributed by atoms with Crippen molar-refractivity contribution < 1.29 is 27.4 Å². The average molecular weight is 459 g/mol. The summed E-state index contributed by atoms with van der Waals surface area (Å²) in [5, 5.41) is 3.66. The van der Waals surface area contributed by atoms with Crippen molar-refractivity contribution in [1.82, 2.24) is 9.88 Å². The lowest BCUT2D eigenvalue weighted by atomic mass is 10.1. The molecule has 1 amide bonds. The lowest BCUT2D eigenvalue weighted by Gasteiger charge is -2.12. The van der Waals surface area contributed by atoms with Crippen molar-refractivity contribution in [2.24, 2.45) is 0 Å². The number of pyridine rings is 1. The van der Waals surface area contributed by atoms with Crippen LogP contribution < -0.4 is 14.8 Å². The van der Waals surface area contributed by atoms with E-state index in [1.54, 1.807) is 12.1 Å². The number of hydrogen-bond donors (Lipinski definition) is 1. The molecule has 0 aliphatic rings. The molecule has 3 aromatic rings. The molecule has 9 heteroatoms. The molecule has 0 spiro atoms. The summed E-state index contributed by atoms with van der Waals surface area (Å²) in [6.07, 6.45) is -1.94. The van der Waals surface area contributed by atoms with Crippen molar-refractivity contribution in [3.8, 4) is 11.6 Å². The average Bonchev–Trinajstić information content (AvgIpc) is 2.72. The van der Waals surface area contributed by atoms with Gasteiger partial charge in [0.15, 0.2) is 0 Å². The van der Waals surface area contributed by atoms with E-state index in [1.807, 2.05) is 38.1 Å². The smallest absolute Gasteiger partial charge is 0.476 e. The van der Waals surface area contributed by atoms with Crippen LogP contribution in [-0.2, 0) is 4.79 Å². The molecule has 0 bridgehead atoms. The number of alkyl halides is 3. The molecule has 3 rings (SSSR count). The Morgan fingerprint density at radius 1 is 1.12 bits per heavy atom. The predicted molar refractivity (Wildman–Crippen MR) is 121 cm³/mol. The first-order valence-electron chi connectivity index (χ1n) is 10.1. The zero-order valence-corrected chi connectivity index (χ0v) is 18.4. The topological polar surface area (TPSA) is 63.7 Å². The van der Waals surface area contributed by atoms with E-state index in [0.29, 0.717) is 23.7 Å². The third-order valence-electron chi connectivity index (χ3n) is 4.59. The number of aromatic nitrogens is 1. The second kappa shape index (κ2) is 10.4. The Hall–Kier alpha value is -3.59. The third kappa shape index (κ3) is 7.50. The number of benzene rings is 2. The van der Waals surface area contributed by atoms with E-state index in [0.717, 1.165) is 23.0 Å². The molecular formula is C24H24F3N3O3. The van der Waals surface area contributed by atoms with Crippen LogP contribution in [-0.4, -0.2) is 49.4 Å². The highest BCUT2D eigenvalue weighted by Gasteiger charge is 2.30. The lowest BCUT2D eigenvalue weighted by molar-refractivity contribution is -0.274. The van der Waals surface area contributed by atoms with Crippen molar-refractivity contribution >= 4 is 28.6 Å². The Bertz CT molecular complexity index is 1140. The molecule has 6 nitrogen and oxygen atoms in total. The first-order valence-corrected chi connectivity index (χ1v) is 10.1. The largest absolute Gasteiger partial charge is 0.573 e. The number of anilines is 1. The summed E-state index contributed by atoms with van der Waals surface area (Å²) >= 11 is 0. The number of amides is 1. The highest BCUT2D eigenvalue weighted by atomic mass is 19.4. The molecule has 0 saturated carbocycles. The van der Waals surface area contributed by atoms with Gasteiger partial charge >= 0.3 is 6.36 Å². The highest BCUT2D eigenvalue weighted by molar-refractivity contribution is 6.03. The fourth-order valence-corrected chi connectivity index (χ4v) is 2.98. The van der Waals surface area contributed by atoms with Crippen LogP contribution in [0.4, 0.5) is 18.9 Å². The number of hydrogen-bond acceptors (Lipinski definition) is 5. The number of carbonyl (C=O) groups excluding carboxylic acids is 1. The van der Waals surface area contributed by atoms with Gasteiger partial charge < -0.3 is 19.7 Å². The van der Waals surface area contributed by atoms with Gasteiger partial charge in [-0.3, -0.25) is 4.79 Å². The van der Waals surface area contributed by atoms with Crippen LogP contribution >= 0.6 is 0 Å². The van der Waals surface area contributed by atoms with Crippen molar-refractivity contribution in [1.29, 1.82) is 0 Å². The molecule has 0 saturated heterocycles. The first kappa shape index (κ1) is 24.1. The number of carbonyl (C=O) groups is 1. The van der Waals surface area contributed by atoms with Crippen LogP contribution in [0.1, 0.15) is 11.1 Å².